The van der Waals surface area contributed by atoms with Gasteiger partial charge in [-0.2, -0.15) is 0 Å². The molecule has 0 aliphatic carbocycles. The Morgan fingerprint density at radius 1 is 1.53 bits per heavy atom. The van der Waals surface area contributed by atoms with Crippen LogP contribution in [-0.4, -0.2) is 24.0 Å². The monoisotopic (exact) mass is 205 g/mol. The van der Waals surface area contributed by atoms with E-state index < -0.39 is 0 Å². The summed E-state index contributed by atoms with van der Waals surface area (Å²) in [6, 6.07) is 1.80. The Kier molecular flexibility index (Phi) is 4.50. The van der Waals surface area contributed by atoms with Gasteiger partial charge in [0, 0.05) is 25.5 Å². The van der Waals surface area contributed by atoms with Crippen LogP contribution in [0.3, 0.4) is 0 Å². The van der Waals surface area contributed by atoms with Gasteiger partial charge in [0.2, 0.25) is 0 Å². The van der Waals surface area contributed by atoms with Crippen LogP contribution in [0.25, 0.3) is 0 Å². The maximum atomic E-state index is 11.5. The second-order valence-corrected chi connectivity index (χ2v) is 3.17. The van der Waals surface area contributed by atoms with Gasteiger partial charge < -0.3 is 11.1 Å². The maximum absolute atomic E-state index is 11.5. The van der Waals surface area contributed by atoms with E-state index in [2.05, 4.69) is 10.3 Å². The SMILES string of the molecule is Cc1cncc(C(=O)NC/C=C/CN)c1. The number of amides is 1. The van der Waals surface area contributed by atoms with Gasteiger partial charge >= 0.3 is 0 Å². The molecule has 3 N–H and O–H groups in total. The molecule has 1 rings (SSSR count). The van der Waals surface area contributed by atoms with Crippen molar-refractivity contribution in [1.29, 1.82) is 0 Å². The van der Waals surface area contributed by atoms with Crippen molar-refractivity contribution in [2.75, 3.05) is 13.1 Å². The van der Waals surface area contributed by atoms with Crippen molar-refractivity contribution in [2.24, 2.45) is 5.73 Å². The first-order chi connectivity index (χ1) is 7.24. The minimum Gasteiger partial charge on any atom is -0.349 e. The normalized spacial score (nSPS) is 10.5. The van der Waals surface area contributed by atoms with Gasteiger partial charge in [0.1, 0.15) is 0 Å². The van der Waals surface area contributed by atoms with Crippen LogP contribution in [-0.2, 0) is 0 Å². The summed E-state index contributed by atoms with van der Waals surface area (Å²) in [5.41, 5.74) is 6.82. The molecule has 0 aliphatic heterocycles. The molecule has 1 aromatic heterocycles. The number of carbonyl (C=O) groups is 1. The Bertz CT molecular complexity index is 361. The number of pyridine rings is 1. The summed E-state index contributed by atoms with van der Waals surface area (Å²) >= 11 is 0. The summed E-state index contributed by atoms with van der Waals surface area (Å²) in [6.07, 6.45) is 6.88. The Morgan fingerprint density at radius 2 is 2.33 bits per heavy atom. The van der Waals surface area contributed by atoms with Crippen molar-refractivity contribution in [3.63, 3.8) is 0 Å². The predicted molar refractivity (Wildman–Crippen MR) is 59.5 cm³/mol. The molecule has 4 heteroatoms. The van der Waals surface area contributed by atoms with Gasteiger partial charge in [0.05, 0.1) is 5.56 Å². The second kappa shape index (κ2) is 5.93. The minimum absolute atomic E-state index is 0.118. The smallest absolute Gasteiger partial charge is 0.253 e. The molecule has 0 unspecified atom stereocenters. The zero-order chi connectivity index (χ0) is 11.1. The number of nitrogens with zero attached hydrogens (tertiary/aromatic N) is 1. The van der Waals surface area contributed by atoms with Crippen LogP contribution in [0.1, 0.15) is 15.9 Å². The fourth-order valence-corrected chi connectivity index (χ4v) is 1.11. The van der Waals surface area contributed by atoms with Crippen molar-refractivity contribution in [1.82, 2.24) is 10.3 Å². The topological polar surface area (TPSA) is 68.0 Å². The van der Waals surface area contributed by atoms with Crippen LogP contribution in [0, 0.1) is 6.92 Å². The molecule has 0 aliphatic rings. The summed E-state index contributed by atoms with van der Waals surface area (Å²) in [5.74, 6) is -0.118. The molecular weight excluding hydrogens is 190 g/mol. The highest BCUT2D eigenvalue weighted by Crippen LogP contribution is 2.00. The van der Waals surface area contributed by atoms with Crippen molar-refractivity contribution >= 4 is 5.91 Å². The molecule has 0 radical (unpaired) electrons. The first-order valence-electron chi connectivity index (χ1n) is 4.79. The third-order valence-corrected chi connectivity index (χ3v) is 1.82. The molecule has 1 aromatic rings. The highest BCUT2D eigenvalue weighted by atomic mass is 16.1. The van der Waals surface area contributed by atoms with Crippen LogP contribution in [0.2, 0.25) is 0 Å². The van der Waals surface area contributed by atoms with E-state index in [9.17, 15) is 4.79 Å². The number of hydrogen-bond acceptors (Lipinski definition) is 3. The van der Waals surface area contributed by atoms with E-state index in [1.165, 1.54) is 0 Å². The highest BCUT2D eigenvalue weighted by Gasteiger charge is 2.03. The van der Waals surface area contributed by atoms with Crippen molar-refractivity contribution < 1.29 is 4.79 Å². The lowest BCUT2D eigenvalue weighted by Crippen LogP contribution is -2.23. The van der Waals surface area contributed by atoms with Gasteiger partial charge in [-0.25, -0.2) is 0 Å². The molecule has 1 heterocycles. The van der Waals surface area contributed by atoms with E-state index in [4.69, 9.17) is 5.73 Å². The summed E-state index contributed by atoms with van der Waals surface area (Å²) < 4.78 is 0. The fourth-order valence-electron chi connectivity index (χ4n) is 1.11. The van der Waals surface area contributed by atoms with Crippen molar-refractivity contribution in [3.8, 4) is 0 Å². The van der Waals surface area contributed by atoms with E-state index in [0.29, 0.717) is 18.7 Å². The molecule has 0 bridgehead atoms. The number of nitrogens with two attached hydrogens (primary N) is 1. The Morgan fingerprint density at radius 3 is 3.00 bits per heavy atom. The number of nitrogens with one attached hydrogen (secondary N) is 1. The molecule has 0 atom stereocenters. The van der Waals surface area contributed by atoms with E-state index in [0.717, 1.165) is 5.56 Å². The first-order valence-corrected chi connectivity index (χ1v) is 4.79. The third-order valence-electron chi connectivity index (χ3n) is 1.82. The van der Waals surface area contributed by atoms with Crippen LogP contribution in [0.5, 0.6) is 0 Å². The standard InChI is InChI=1S/C11H15N3O/c1-9-6-10(8-13-7-9)11(15)14-5-3-2-4-12/h2-3,6-8H,4-5,12H2,1H3,(H,14,15)/b3-2+. The van der Waals surface area contributed by atoms with Gasteiger partial charge in [0.15, 0.2) is 0 Å². The van der Waals surface area contributed by atoms with Crippen molar-refractivity contribution in [3.05, 3.63) is 41.7 Å². The first kappa shape index (κ1) is 11.4. The van der Waals surface area contributed by atoms with Crippen LogP contribution < -0.4 is 11.1 Å². The zero-order valence-electron chi connectivity index (χ0n) is 8.73. The van der Waals surface area contributed by atoms with Gasteiger partial charge in [-0.15, -0.1) is 0 Å². The van der Waals surface area contributed by atoms with Crippen LogP contribution in [0.15, 0.2) is 30.6 Å². The summed E-state index contributed by atoms with van der Waals surface area (Å²) in [5, 5.41) is 2.74. The minimum atomic E-state index is -0.118. The van der Waals surface area contributed by atoms with Crippen molar-refractivity contribution in [2.45, 2.75) is 6.92 Å². The number of rotatable bonds is 4. The van der Waals surface area contributed by atoms with Gasteiger partial charge in [0.25, 0.3) is 5.91 Å². The molecule has 15 heavy (non-hydrogen) atoms. The van der Waals surface area contributed by atoms with E-state index in [-0.39, 0.29) is 5.91 Å². The third kappa shape index (κ3) is 3.91. The Labute approximate surface area is 89.2 Å². The predicted octanol–water partition coefficient (Wildman–Crippen LogP) is 0.635. The Hall–Kier alpha value is -1.68. The maximum Gasteiger partial charge on any atom is 0.253 e. The van der Waals surface area contributed by atoms with Crippen LogP contribution >= 0.6 is 0 Å². The average molecular weight is 205 g/mol. The molecule has 0 fully saturated rings. The number of hydrogen-bond donors (Lipinski definition) is 2. The van der Waals surface area contributed by atoms with Gasteiger partial charge in [-0.3, -0.25) is 9.78 Å². The zero-order valence-corrected chi connectivity index (χ0v) is 8.73. The molecule has 80 valence electrons. The molecule has 0 saturated heterocycles. The van der Waals surface area contributed by atoms with E-state index in [1.54, 1.807) is 24.5 Å². The summed E-state index contributed by atoms with van der Waals surface area (Å²) in [7, 11) is 0. The Balaban J connectivity index is 2.50. The van der Waals surface area contributed by atoms with E-state index in [1.807, 2.05) is 13.0 Å². The fraction of sp³-hybridized carbons (Fsp3) is 0.273. The lowest BCUT2D eigenvalue weighted by molar-refractivity contribution is 0.0957. The molecule has 4 nitrogen and oxygen atoms in total. The molecule has 1 amide bonds. The lowest BCUT2D eigenvalue weighted by Gasteiger charge is -2.02. The summed E-state index contributed by atoms with van der Waals surface area (Å²) in [6.45, 7) is 2.88. The lowest BCUT2D eigenvalue weighted by atomic mass is 10.2. The number of aromatic nitrogens is 1. The molecule has 0 aromatic carbocycles. The average Bonchev–Trinajstić information content (AvgIpc) is 2.24. The quantitative estimate of drug-likeness (QED) is 0.708. The molecule has 0 spiro atoms. The van der Waals surface area contributed by atoms with Crippen LogP contribution in [0.4, 0.5) is 0 Å². The van der Waals surface area contributed by atoms with Gasteiger partial charge in [-0.05, 0) is 18.6 Å². The molecule has 0 saturated carbocycles. The largest absolute Gasteiger partial charge is 0.349 e. The van der Waals surface area contributed by atoms with E-state index >= 15 is 0 Å². The molecular formula is C11H15N3O. The number of aryl methyl sites for hydroxylation is 1. The summed E-state index contributed by atoms with van der Waals surface area (Å²) in [4.78, 5) is 15.5. The highest BCUT2D eigenvalue weighted by molar-refractivity contribution is 5.94. The number of carbonyl (C=O) groups excluding carboxylic acids is 1. The second-order valence-electron chi connectivity index (χ2n) is 3.17. The van der Waals surface area contributed by atoms with Gasteiger partial charge in [-0.1, -0.05) is 12.2 Å².